The fraction of sp³-hybridized carbons (Fsp3) is 0.333. The van der Waals surface area contributed by atoms with Crippen LogP contribution in [0.25, 0.3) is 0 Å². The van der Waals surface area contributed by atoms with Gasteiger partial charge in [-0.25, -0.2) is 0 Å². The van der Waals surface area contributed by atoms with E-state index in [0.29, 0.717) is 13.1 Å². The molecule has 1 fully saturated rings. The van der Waals surface area contributed by atoms with Crippen molar-refractivity contribution in [2.75, 3.05) is 25.1 Å². The summed E-state index contributed by atoms with van der Waals surface area (Å²) in [7, 11) is 1.62. The van der Waals surface area contributed by atoms with E-state index in [-0.39, 0.29) is 18.4 Å². The molecule has 0 saturated carbocycles. The standard InChI is InChI=1S/C21H24N2O4/c1-15-21(26)23(18-7-9-19(27-2)10-8-18)12-11-22(15)14-17-5-3-16(4-6-17)13-20(24)25/h3-10,15H,11-14H2,1-2H3,(H,24,25)/t15-/m1/s1. The number of aliphatic carboxylic acids is 1. The summed E-state index contributed by atoms with van der Waals surface area (Å²) in [5, 5.41) is 8.85. The number of ether oxygens (including phenoxy) is 1. The second kappa shape index (κ2) is 8.22. The largest absolute Gasteiger partial charge is 0.497 e. The summed E-state index contributed by atoms with van der Waals surface area (Å²) in [5.74, 6) is 0.00904. The van der Waals surface area contributed by atoms with Gasteiger partial charge in [0, 0.05) is 25.3 Å². The molecule has 2 aromatic carbocycles. The van der Waals surface area contributed by atoms with Gasteiger partial charge < -0.3 is 14.7 Å². The van der Waals surface area contributed by atoms with Crippen LogP contribution in [0.1, 0.15) is 18.1 Å². The molecule has 2 aromatic rings. The topological polar surface area (TPSA) is 70.1 Å². The van der Waals surface area contributed by atoms with Crippen LogP contribution < -0.4 is 9.64 Å². The molecule has 142 valence electrons. The molecule has 0 aliphatic carbocycles. The molecule has 6 nitrogen and oxygen atoms in total. The Kier molecular flexibility index (Phi) is 5.76. The van der Waals surface area contributed by atoms with Crippen molar-refractivity contribution < 1.29 is 19.4 Å². The molecule has 6 heteroatoms. The van der Waals surface area contributed by atoms with Gasteiger partial charge in [0.15, 0.2) is 0 Å². The Hall–Kier alpha value is -2.86. The molecule has 1 aliphatic heterocycles. The predicted molar refractivity (Wildman–Crippen MR) is 103 cm³/mol. The van der Waals surface area contributed by atoms with Gasteiger partial charge >= 0.3 is 5.97 Å². The van der Waals surface area contributed by atoms with E-state index < -0.39 is 5.97 Å². The van der Waals surface area contributed by atoms with Crippen LogP contribution in [0.15, 0.2) is 48.5 Å². The number of carbonyl (C=O) groups is 2. The van der Waals surface area contributed by atoms with Crippen molar-refractivity contribution in [1.82, 2.24) is 4.90 Å². The highest BCUT2D eigenvalue weighted by Gasteiger charge is 2.32. The normalized spacial score (nSPS) is 17.8. The lowest BCUT2D eigenvalue weighted by atomic mass is 10.1. The molecule has 1 aliphatic rings. The number of hydrogen-bond donors (Lipinski definition) is 1. The molecule has 0 bridgehead atoms. The maximum absolute atomic E-state index is 12.8. The Morgan fingerprint density at radius 3 is 2.30 bits per heavy atom. The van der Waals surface area contributed by atoms with Crippen LogP contribution in [-0.4, -0.2) is 48.1 Å². The summed E-state index contributed by atoms with van der Waals surface area (Å²) in [5.41, 5.74) is 2.73. The first-order valence-electron chi connectivity index (χ1n) is 8.97. The molecule has 27 heavy (non-hydrogen) atoms. The minimum absolute atomic E-state index is 0.0235. The molecule has 0 radical (unpaired) electrons. The summed E-state index contributed by atoms with van der Waals surface area (Å²) in [4.78, 5) is 27.6. The second-order valence-electron chi connectivity index (χ2n) is 6.72. The monoisotopic (exact) mass is 368 g/mol. The van der Waals surface area contributed by atoms with Crippen molar-refractivity contribution in [2.24, 2.45) is 0 Å². The number of nitrogens with zero attached hydrogens (tertiary/aromatic N) is 2. The highest BCUT2D eigenvalue weighted by molar-refractivity contribution is 5.97. The quantitative estimate of drug-likeness (QED) is 0.849. The van der Waals surface area contributed by atoms with E-state index in [1.165, 1.54) is 0 Å². The Morgan fingerprint density at radius 2 is 1.70 bits per heavy atom. The van der Waals surface area contributed by atoms with Gasteiger partial charge in [-0.2, -0.15) is 0 Å². The fourth-order valence-corrected chi connectivity index (χ4v) is 3.32. The number of carbonyl (C=O) groups excluding carboxylic acids is 1. The molecule has 1 atom stereocenters. The smallest absolute Gasteiger partial charge is 0.307 e. The molecule has 1 saturated heterocycles. The van der Waals surface area contributed by atoms with Crippen molar-refractivity contribution >= 4 is 17.6 Å². The van der Waals surface area contributed by atoms with Crippen LogP contribution in [0.3, 0.4) is 0 Å². The third kappa shape index (κ3) is 4.46. The molecule has 3 rings (SSSR count). The summed E-state index contributed by atoms with van der Waals surface area (Å²) in [6, 6.07) is 14.8. The number of rotatable bonds is 6. The molecule has 1 amide bonds. The molecular formula is C21H24N2O4. The van der Waals surface area contributed by atoms with Gasteiger partial charge in [0.2, 0.25) is 5.91 Å². The third-order valence-corrected chi connectivity index (χ3v) is 4.93. The van der Waals surface area contributed by atoms with Gasteiger partial charge in [0.05, 0.1) is 19.6 Å². The number of amides is 1. The third-order valence-electron chi connectivity index (χ3n) is 4.93. The van der Waals surface area contributed by atoms with Crippen LogP contribution in [-0.2, 0) is 22.6 Å². The molecule has 0 aromatic heterocycles. The number of anilines is 1. The van der Waals surface area contributed by atoms with Crippen LogP contribution in [0, 0.1) is 0 Å². The van der Waals surface area contributed by atoms with Crippen LogP contribution >= 0.6 is 0 Å². The van der Waals surface area contributed by atoms with Crippen molar-refractivity contribution in [1.29, 1.82) is 0 Å². The number of carboxylic acids is 1. The Morgan fingerprint density at radius 1 is 1.07 bits per heavy atom. The average molecular weight is 368 g/mol. The maximum Gasteiger partial charge on any atom is 0.307 e. The Bertz CT molecular complexity index is 802. The van der Waals surface area contributed by atoms with Gasteiger partial charge in [-0.15, -0.1) is 0 Å². The minimum Gasteiger partial charge on any atom is -0.497 e. The van der Waals surface area contributed by atoms with E-state index in [1.807, 2.05) is 60.4 Å². The lowest BCUT2D eigenvalue weighted by Crippen LogP contribution is -2.55. The average Bonchev–Trinajstić information content (AvgIpc) is 2.67. The minimum atomic E-state index is -0.836. The SMILES string of the molecule is COc1ccc(N2CCN(Cc3ccc(CC(=O)O)cc3)[C@H](C)C2=O)cc1. The van der Waals surface area contributed by atoms with Crippen molar-refractivity contribution in [3.8, 4) is 5.75 Å². The zero-order valence-electron chi connectivity index (χ0n) is 15.6. The number of carboxylic acid groups (broad SMARTS) is 1. The summed E-state index contributed by atoms with van der Waals surface area (Å²) in [6.45, 7) is 4.00. The molecule has 1 heterocycles. The molecule has 1 N–H and O–H groups in total. The van der Waals surface area contributed by atoms with Crippen molar-refractivity contribution in [2.45, 2.75) is 25.9 Å². The zero-order valence-corrected chi connectivity index (χ0v) is 15.6. The number of hydrogen-bond acceptors (Lipinski definition) is 4. The Balaban J connectivity index is 1.64. The highest BCUT2D eigenvalue weighted by atomic mass is 16.5. The van der Waals surface area contributed by atoms with E-state index in [1.54, 1.807) is 7.11 Å². The van der Waals surface area contributed by atoms with E-state index in [0.717, 1.165) is 29.1 Å². The second-order valence-corrected chi connectivity index (χ2v) is 6.72. The first-order chi connectivity index (χ1) is 13.0. The number of benzene rings is 2. The maximum atomic E-state index is 12.8. The predicted octanol–water partition coefficient (Wildman–Crippen LogP) is 2.56. The first-order valence-corrected chi connectivity index (χ1v) is 8.97. The zero-order chi connectivity index (χ0) is 19.4. The van der Waals surface area contributed by atoms with Crippen LogP contribution in [0.2, 0.25) is 0 Å². The van der Waals surface area contributed by atoms with Crippen molar-refractivity contribution in [3.63, 3.8) is 0 Å². The lowest BCUT2D eigenvalue weighted by molar-refractivity contribution is -0.136. The summed E-state index contributed by atoms with van der Waals surface area (Å²) >= 11 is 0. The number of piperazine rings is 1. The molecule has 0 unspecified atom stereocenters. The van der Waals surface area contributed by atoms with E-state index in [2.05, 4.69) is 4.90 Å². The van der Waals surface area contributed by atoms with Crippen LogP contribution in [0.4, 0.5) is 5.69 Å². The molecule has 0 spiro atoms. The van der Waals surface area contributed by atoms with E-state index in [9.17, 15) is 9.59 Å². The highest BCUT2D eigenvalue weighted by Crippen LogP contribution is 2.24. The van der Waals surface area contributed by atoms with E-state index >= 15 is 0 Å². The van der Waals surface area contributed by atoms with Gasteiger partial charge in [-0.05, 0) is 42.3 Å². The van der Waals surface area contributed by atoms with Gasteiger partial charge in [0.25, 0.3) is 0 Å². The lowest BCUT2D eigenvalue weighted by Gasteiger charge is -2.39. The van der Waals surface area contributed by atoms with Crippen LogP contribution in [0.5, 0.6) is 5.75 Å². The van der Waals surface area contributed by atoms with Gasteiger partial charge in [-0.1, -0.05) is 24.3 Å². The van der Waals surface area contributed by atoms with Gasteiger partial charge in [-0.3, -0.25) is 14.5 Å². The number of methoxy groups -OCH3 is 1. The fourth-order valence-electron chi connectivity index (χ4n) is 3.32. The first kappa shape index (κ1) is 18.9. The summed E-state index contributed by atoms with van der Waals surface area (Å²) < 4.78 is 5.17. The van der Waals surface area contributed by atoms with E-state index in [4.69, 9.17) is 9.84 Å². The van der Waals surface area contributed by atoms with Crippen molar-refractivity contribution in [3.05, 3.63) is 59.7 Å². The Labute approximate surface area is 159 Å². The van der Waals surface area contributed by atoms with Gasteiger partial charge in [0.1, 0.15) is 5.75 Å². The summed E-state index contributed by atoms with van der Waals surface area (Å²) in [6.07, 6.45) is 0.0235. The molecular weight excluding hydrogens is 344 g/mol.